The standard InChI is InChI=1S/C11H17N3O/c1-13-4-6-14(7-5-13)10-8-9(12)2-3-11(10)15/h2-3,8,15H,4-7,12H2,1H3. The fourth-order valence-electron chi connectivity index (χ4n) is 1.84. The summed E-state index contributed by atoms with van der Waals surface area (Å²) in [5, 5.41) is 9.74. The molecule has 4 nitrogen and oxygen atoms in total. The highest BCUT2D eigenvalue weighted by Crippen LogP contribution is 2.29. The molecule has 0 spiro atoms. The van der Waals surface area contributed by atoms with Crippen LogP contribution in [0.1, 0.15) is 0 Å². The Hall–Kier alpha value is -1.42. The predicted molar refractivity (Wildman–Crippen MR) is 62.2 cm³/mol. The first-order chi connectivity index (χ1) is 7.16. The first-order valence-corrected chi connectivity index (χ1v) is 5.19. The van der Waals surface area contributed by atoms with E-state index in [0.717, 1.165) is 31.9 Å². The molecular formula is C11H17N3O. The molecule has 1 heterocycles. The molecule has 0 radical (unpaired) electrons. The zero-order valence-electron chi connectivity index (χ0n) is 8.98. The number of aromatic hydroxyl groups is 1. The van der Waals surface area contributed by atoms with Crippen molar-refractivity contribution in [1.82, 2.24) is 4.90 Å². The highest BCUT2D eigenvalue weighted by atomic mass is 16.3. The number of anilines is 2. The number of rotatable bonds is 1. The van der Waals surface area contributed by atoms with Crippen molar-refractivity contribution < 1.29 is 5.11 Å². The van der Waals surface area contributed by atoms with E-state index in [4.69, 9.17) is 5.73 Å². The van der Waals surface area contributed by atoms with Crippen LogP contribution < -0.4 is 10.6 Å². The summed E-state index contributed by atoms with van der Waals surface area (Å²) < 4.78 is 0. The Balaban J connectivity index is 2.18. The van der Waals surface area contributed by atoms with Gasteiger partial charge in [0, 0.05) is 31.9 Å². The second-order valence-electron chi connectivity index (χ2n) is 4.04. The van der Waals surface area contributed by atoms with Crippen molar-refractivity contribution >= 4 is 11.4 Å². The molecule has 0 amide bonds. The smallest absolute Gasteiger partial charge is 0.139 e. The van der Waals surface area contributed by atoms with Crippen molar-refractivity contribution in [3.05, 3.63) is 18.2 Å². The van der Waals surface area contributed by atoms with Crippen molar-refractivity contribution in [2.24, 2.45) is 0 Å². The van der Waals surface area contributed by atoms with Gasteiger partial charge in [0.2, 0.25) is 0 Å². The summed E-state index contributed by atoms with van der Waals surface area (Å²) in [7, 11) is 2.11. The molecule has 82 valence electrons. The van der Waals surface area contributed by atoms with Crippen LogP contribution in [0.5, 0.6) is 5.75 Å². The third-order valence-electron chi connectivity index (χ3n) is 2.84. The van der Waals surface area contributed by atoms with E-state index in [0.29, 0.717) is 11.4 Å². The Bertz CT molecular complexity index is 346. The van der Waals surface area contributed by atoms with Gasteiger partial charge in [-0.2, -0.15) is 0 Å². The molecule has 0 atom stereocenters. The van der Waals surface area contributed by atoms with Crippen LogP contribution in [0.3, 0.4) is 0 Å². The first-order valence-electron chi connectivity index (χ1n) is 5.19. The van der Waals surface area contributed by atoms with Crippen LogP contribution in [-0.2, 0) is 0 Å². The number of nitrogens with two attached hydrogens (primary N) is 1. The van der Waals surface area contributed by atoms with Gasteiger partial charge in [-0.1, -0.05) is 0 Å². The number of likely N-dealkylation sites (N-methyl/N-ethyl adjacent to an activating group) is 1. The molecule has 15 heavy (non-hydrogen) atoms. The Kier molecular flexibility index (Phi) is 2.68. The lowest BCUT2D eigenvalue weighted by atomic mass is 10.2. The largest absolute Gasteiger partial charge is 0.506 e. The van der Waals surface area contributed by atoms with Crippen molar-refractivity contribution in [2.75, 3.05) is 43.9 Å². The Labute approximate surface area is 89.9 Å². The van der Waals surface area contributed by atoms with E-state index in [1.165, 1.54) is 0 Å². The van der Waals surface area contributed by atoms with Crippen LogP contribution in [0, 0.1) is 0 Å². The molecule has 1 aliphatic heterocycles. The van der Waals surface area contributed by atoms with E-state index in [1.54, 1.807) is 12.1 Å². The van der Waals surface area contributed by atoms with Gasteiger partial charge in [-0.15, -0.1) is 0 Å². The van der Waals surface area contributed by atoms with Crippen LogP contribution in [0.15, 0.2) is 18.2 Å². The van der Waals surface area contributed by atoms with E-state index in [9.17, 15) is 5.11 Å². The summed E-state index contributed by atoms with van der Waals surface area (Å²) in [5.41, 5.74) is 7.26. The second kappa shape index (κ2) is 3.98. The molecule has 0 bridgehead atoms. The second-order valence-corrected chi connectivity index (χ2v) is 4.04. The summed E-state index contributed by atoms with van der Waals surface area (Å²) in [5.74, 6) is 0.314. The van der Waals surface area contributed by atoms with Crippen molar-refractivity contribution in [1.29, 1.82) is 0 Å². The lowest BCUT2D eigenvalue weighted by Gasteiger charge is -2.34. The summed E-state index contributed by atoms with van der Waals surface area (Å²) in [6.45, 7) is 3.92. The number of hydrogen-bond donors (Lipinski definition) is 2. The average molecular weight is 207 g/mol. The maximum atomic E-state index is 9.74. The molecule has 0 unspecified atom stereocenters. The molecule has 0 aromatic heterocycles. The van der Waals surface area contributed by atoms with Crippen LogP contribution >= 0.6 is 0 Å². The van der Waals surface area contributed by atoms with Crippen molar-refractivity contribution in [3.63, 3.8) is 0 Å². The SMILES string of the molecule is CN1CCN(c2cc(N)ccc2O)CC1. The van der Waals surface area contributed by atoms with Crippen LogP contribution in [-0.4, -0.2) is 43.2 Å². The van der Waals surface area contributed by atoms with Gasteiger partial charge in [-0.3, -0.25) is 0 Å². The summed E-state index contributed by atoms with van der Waals surface area (Å²) >= 11 is 0. The van der Waals surface area contributed by atoms with Crippen molar-refractivity contribution in [2.45, 2.75) is 0 Å². The van der Waals surface area contributed by atoms with Gasteiger partial charge in [0.15, 0.2) is 0 Å². The molecular weight excluding hydrogens is 190 g/mol. The topological polar surface area (TPSA) is 52.7 Å². The molecule has 3 N–H and O–H groups in total. The van der Waals surface area contributed by atoms with E-state index in [-0.39, 0.29) is 0 Å². The minimum absolute atomic E-state index is 0.314. The van der Waals surface area contributed by atoms with Crippen molar-refractivity contribution in [3.8, 4) is 5.75 Å². The Morgan fingerprint density at radius 1 is 1.20 bits per heavy atom. The van der Waals surface area contributed by atoms with E-state index in [1.807, 2.05) is 6.07 Å². The van der Waals surface area contributed by atoms with Gasteiger partial charge in [0.1, 0.15) is 5.75 Å². The molecule has 1 aliphatic rings. The monoisotopic (exact) mass is 207 g/mol. The zero-order chi connectivity index (χ0) is 10.8. The number of phenols is 1. The lowest BCUT2D eigenvalue weighted by Crippen LogP contribution is -2.44. The molecule has 1 aromatic carbocycles. The number of nitrogen functional groups attached to an aromatic ring is 1. The van der Waals surface area contributed by atoms with E-state index in [2.05, 4.69) is 16.8 Å². The van der Waals surface area contributed by atoms with Gasteiger partial charge in [0.25, 0.3) is 0 Å². The average Bonchev–Trinajstić information content (AvgIpc) is 2.23. The molecule has 4 heteroatoms. The van der Waals surface area contributed by atoms with Crippen LogP contribution in [0.25, 0.3) is 0 Å². The fourth-order valence-corrected chi connectivity index (χ4v) is 1.84. The Morgan fingerprint density at radius 3 is 2.53 bits per heavy atom. The first kappa shape index (κ1) is 10.1. The van der Waals surface area contributed by atoms with Crippen LogP contribution in [0.2, 0.25) is 0 Å². The quantitative estimate of drug-likeness (QED) is 0.526. The fraction of sp³-hybridized carbons (Fsp3) is 0.455. The maximum Gasteiger partial charge on any atom is 0.139 e. The molecule has 0 aliphatic carbocycles. The minimum Gasteiger partial charge on any atom is -0.506 e. The maximum absolute atomic E-state index is 9.74. The number of piperazine rings is 1. The summed E-state index contributed by atoms with van der Waals surface area (Å²) in [4.78, 5) is 4.45. The highest BCUT2D eigenvalue weighted by Gasteiger charge is 2.16. The third-order valence-corrected chi connectivity index (χ3v) is 2.84. The van der Waals surface area contributed by atoms with Gasteiger partial charge in [-0.05, 0) is 25.2 Å². The molecule has 0 saturated carbocycles. The molecule has 2 rings (SSSR count). The summed E-state index contributed by atoms with van der Waals surface area (Å²) in [6.07, 6.45) is 0. The number of hydrogen-bond acceptors (Lipinski definition) is 4. The van der Waals surface area contributed by atoms with Crippen LogP contribution in [0.4, 0.5) is 11.4 Å². The highest BCUT2D eigenvalue weighted by molar-refractivity contribution is 5.64. The van der Waals surface area contributed by atoms with Gasteiger partial charge < -0.3 is 20.6 Å². The number of nitrogens with zero attached hydrogens (tertiary/aromatic N) is 2. The van der Waals surface area contributed by atoms with E-state index < -0.39 is 0 Å². The Morgan fingerprint density at radius 2 is 1.87 bits per heavy atom. The lowest BCUT2D eigenvalue weighted by molar-refractivity contribution is 0.311. The van der Waals surface area contributed by atoms with E-state index >= 15 is 0 Å². The summed E-state index contributed by atoms with van der Waals surface area (Å²) in [6, 6.07) is 5.21. The molecule has 1 aromatic rings. The van der Waals surface area contributed by atoms with Gasteiger partial charge >= 0.3 is 0 Å². The normalized spacial score (nSPS) is 18.1. The third kappa shape index (κ3) is 2.15. The molecule has 1 saturated heterocycles. The predicted octanol–water partition coefficient (Wildman–Crippen LogP) is 0.726. The number of benzene rings is 1. The molecule has 1 fully saturated rings. The zero-order valence-corrected chi connectivity index (χ0v) is 8.98. The van der Waals surface area contributed by atoms with Gasteiger partial charge in [-0.25, -0.2) is 0 Å². The minimum atomic E-state index is 0.314. The number of phenolic OH excluding ortho intramolecular Hbond substituents is 1. The van der Waals surface area contributed by atoms with Gasteiger partial charge in [0.05, 0.1) is 5.69 Å².